The van der Waals surface area contributed by atoms with Gasteiger partial charge in [0.05, 0.1) is 18.6 Å². The fourth-order valence-electron chi connectivity index (χ4n) is 4.13. The molecule has 0 aliphatic heterocycles. The second-order valence-corrected chi connectivity index (χ2v) is 9.70. The third-order valence-corrected chi connectivity index (χ3v) is 7.06. The summed E-state index contributed by atoms with van der Waals surface area (Å²) < 4.78 is 7.25. The Morgan fingerprint density at radius 2 is 1.68 bits per heavy atom. The summed E-state index contributed by atoms with van der Waals surface area (Å²) in [5, 5.41) is 16.1. The Hall–Kier alpha value is -4.43. The molecule has 1 heterocycles. The molecule has 4 aromatic carbocycles. The van der Waals surface area contributed by atoms with E-state index in [1.165, 1.54) is 11.8 Å². The zero-order chi connectivity index (χ0) is 26.5. The van der Waals surface area contributed by atoms with Crippen LogP contribution in [0.5, 0.6) is 5.75 Å². The summed E-state index contributed by atoms with van der Waals surface area (Å²) in [5.41, 5.74) is 7.38. The van der Waals surface area contributed by atoms with Crippen LogP contribution in [0.25, 0.3) is 27.8 Å². The van der Waals surface area contributed by atoms with Gasteiger partial charge < -0.3 is 4.74 Å². The Morgan fingerprint density at radius 1 is 0.947 bits per heavy atom. The maximum Gasteiger partial charge on any atom is 0.250 e. The van der Waals surface area contributed by atoms with Crippen molar-refractivity contribution in [2.45, 2.75) is 19.0 Å². The summed E-state index contributed by atoms with van der Waals surface area (Å²) in [6.45, 7) is 3.94. The molecular weight excluding hydrogens is 494 g/mol. The number of carbonyl (C=O) groups is 1. The quantitative estimate of drug-likeness (QED) is 0.153. The molecule has 1 N–H and O–H groups in total. The molecule has 0 atom stereocenters. The van der Waals surface area contributed by atoms with E-state index in [1.807, 2.05) is 91.2 Å². The fraction of sp³-hybridized carbons (Fsp3) is 0.133. The van der Waals surface area contributed by atoms with Gasteiger partial charge in [-0.05, 0) is 61.0 Å². The first kappa shape index (κ1) is 25.2. The van der Waals surface area contributed by atoms with Gasteiger partial charge in [0.2, 0.25) is 0 Å². The number of carbonyl (C=O) groups excluding carboxylic acids is 1. The summed E-state index contributed by atoms with van der Waals surface area (Å²) in [4.78, 5) is 12.7. The second-order valence-electron chi connectivity index (χ2n) is 8.75. The zero-order valence-corrected chi connectivity index (χ0v) is 22.2. The number of aromatic nitrogens is 3. The van der Waals surface area contributed by atoms with Crippen LogP contribution in [-0.2, 0) is 4.79 Å². The minimum absolute atomic E-state index is 0.138. The van der Waals surface area contributed by atoms with Crippen LogP contribution in [0.3, 0.4) is 0 Å². The number of rotatable bonds is 8. The lowest BCUT2D eigenvalue weighted by Gasteiger charge is -2.11. The third kappa shape index (κ3) is 5.45. The van der Waals surface area contributed by atoms with Crippen LogP contribution in [0.2, 0.25) is 0 Å². The Labute approximate surface area is 225 Å². The van der Waals surface area contributed by atoms with E-state index in [4.69, 9.17) is 4.74 Å². The topological polar surface area (TPSA) is 81.4 Å². The minimum atomic E-state index is -0.223. The Balaban J connectivity index is 1.35. The monoisotopic (exact) mass is 521 g/mol. The molecule has 0 saturated carbocycles. The fourth-order valence-corrected chi connectivity index (χ4v) is 4.87. The van der Waals surface area contributed by atoms with Crippen LogP contribution >= 0.6 is 11.8 Å². The average molecular weight is 522 g/mol. The van der Waals surface area contributed by atoms with Gasteiger partial charge in [-0.2, -0.15) is 5.10 Å². The van der Waals surface area contributed by atoms with Gasteiger partial charge in [-0.1, -0.05) is 71.9 Å². The highest BCUT2D eigenvalue weighted by molar-refractivity contribution is 7.99. The largest absolute Gasteiger partial charge is 0.497 e. The molecule has 0 saturated heterocycles. The van der Waals surface area contributed by atoms with Gasteiger partial charge in [0.15, 0.2) is 11.0 Å². The summed E-state index contributed by atoms with van der Waals surface area (Å²) in [6.07, 6.45) is 0. The molecule has 0 aliphatic rings. The van der Waals surface area contributed by atoms with Crippen molar-refractivity contribution in [2.24, 2.45) is 5.10 Å². The lowest BCUT2D eigenvalue weighted by atomic mass is 10.0. The number of ether oxygens (including phenoxy) is 1. The van der Waals surface area contributed by atoms with E-state index in [2.05, 4.69) is 38.9 Å². The van der Waals surface area contributed by atoms with Crippen molar-refractivity contribution in [2.75, 3.05) is 12.9 Å². The molecule has 7 nitrogen and oxygen atoms in total. The van der Waals surface area contributed by atoms with Crippen LogP contribution in [-0.4, -0.2) is 39.2 Å². The smallest absolute Gasteiger partial charge is 0.250 e. The maximum absolute atomic E-state index is 12.7. The van der Waals surface area contributed by atoms with Crippen molar-refractivity contribution in [1.82, 2.24) is 20.2 Å². The number of amides is 1. The van der Waals surface area contributed by atoms with E-state index < -0.39 is 0 Å². The van der Waals surface area contributed by atoms with Gasteiger partial charge in [0, 0.05) is 16.8 Å². The van der Waals surface area contributed by atoms with Crippen LogP contribution in [0.1, 0.15) is 18.1 Å². The lowest BCUT2D eigenvalue weighted by Crippen LogP contribution is -2.21. The molecule has 5 aromatic rings. The SMILES string of the molecule is COc1ccc(-c2nnc(SCC(=O)N/N=C(\C)c3cccc4ccccc34)n2-c2ccc(C)cc2)cc1. The summed E-state index contributed by atoms with van der Waals surface area (Å²) in [5.74, 6) is 1.36. The Kier molecular flexibility index (Phi) is 7.51. The molecule has 0 fully saturated rings. The van der Waals surface area contributed by atoms with Crippen molar-refractivity contribution < 1.29 is 9.53 Å². The van der Waals surface area contributed by atoms with E-state index in [0.29, 0.717) is 11.0 Å². The van der Waals surface area contributed by atoms with Crippen LogP contribution in [0, 0.1) is 6.92 Å². The molecule has 8 heteroatoms. The molecule has 1 aromatic heterocycles. The molecule has 5 rings (SSSR count). The maximum atomic E-state index is 12.7. The highest BCUT2D eigenvalue weighted by atomic mass is 32.2. The molecule has 0 spiro atoms. The third-order valence-electron chi connectivity index (χ3n) is 6.13. The van der Waals surface area contributed by atoms with E-state index >= 15 is 0 Å². The van der Waals surface area contributed by atoms with Gasteiger partial charge in [-0.3, -0.25) is 9.36 Å². The molecular formula is C30H27N5O2S. The molecule has 0 radical (unpaired) electrons. The van der Waals surface area contributed by atoms with E-state index in [9.17, 15) is 4.79 Å². The number of hydrogen-bond donors (Lipinski definition) is 1. The number of methoxy groups -OCH3 is 1. The Morgan fingerprint density at radius 3 is 2.45 bits per heavy atom. The van der Waals surface area contributed by atoms with Crippen molar-refractivity contribution in [3.8, 4) is 22.8 Å². The van der Waals surface area contributed by atoms with Gasteiger partial charge in [-0.25, -0.2) is 5.43 Å². The molecule has 190 valence electrons. The number of aryl methyl sites for hydroxylation is 1. The molecule has 1 amide bonds. The van der Waals surface area contributed by atoms with Crippen molar-refractivity contribution in [3.63, 3.8) is 0 Å². The van der Waals surface area contributed by atoms with Crippen molar-refractivity contribution >= 4 is 34.2 Å². The number of benzene rings is 4. The summed E-state index contributed by atoms with van der Waals surface area (Å²) in [6, 6.07) is 30.0. The number of fused-ring (bicyclic) bond motifs is 1. The number of nitrogens with one attached hydrogen (secondary N) is 1. The highest BCUT2D eigenvalue weighted by Gasteiger charge is 2.17. The number of thioether (sulfide) groups is 1. The van der Waals surface area contributed by atoms with E-state index in [1.54, 1.807) is 7.11 Å². The molecule has 38 heavy (non-hydrogen) atoms. The highest BCUT2D eigenvalue weighted by Crippen LogP contribution is 2.29. The average Bonchev–Trinajstić information content (AvgIpc) is 3.38. The summed E-state index contributed by atoms with van der Waals surface area (Å²) in [7, 11) is 1.64. The van der Waals surface area contributed by atoms with Crippen molar-refractivity contribution in [3.05, 3.63) is 102 Å². The molecule has 0 unspecified atom stereocenters. The summed E-state index contributed by atoms with van der Waals surface area (Å²) >= 11 is 1.31. The zero-order valence-electron chi connectivity index (χ0n) is 21.4. The van der Waals surface area contributed by atoms with Crippen LogP contribution in [0.15, 0.2) is 101 Å². The molecule has 0 bridgehead atoms. The van der Waals surface area contributed by atoms with Crippen LogP contribution in [0.4, 0.5) is 0 Å². The number of hydrogen-bond acceptors (Lipinski definition) is 6. The van der Waals surface area contributed by atoms with Gasteiger partial charge in [-0.15, -0.1) is 10.2 Å². The van der Waals surface area contributed by atoms with Crippen molar-refractivity contribution in [1.29, 1.82) is 0 Å². The standard InChI is InChI=1S/C30H27N5O2S/c1-20-11-15-24(16-12-20)35-29(23-13-17-25(37-3)18-14-23)33-34-30(35)38-19-28(36)32-31-21(2)26-10-6-8-22-7-4-5-9-27(22)26/h4-18H,19H2,1-3H3,(H,32,36)/b31-21+. The minimum Gasteiger partial charge on any atom is -0.497 e. The predicted octanol–water partition coefficient (Wildman–Crippen LogP) is 6.04. The second kappa shape index (κ2) is 11.3. The van der Waals surface area contributed by atoms with Gasteiger partial charge >= 0.3 is 0 Å². The first-order valence-corrected chi connectivity index (χ1v) is 13.1. The first-order valence-electron chi connectivity index (χ1n) is 12.1. The van der Waals surface area contributed by atoms with Gasteiger partial charge in [0.25, 0.3) is 5.91 Å². The van der Waals surface area contributed by atoms with E-state index in [-0.39, 0.29) is 11.7 Å². The first-order chi connectivity index (χ1) is 18.5. The van der Waals surface area contributed by atoms with Crippen LogP contribution < -0.4 is 10.2 Å². The van der Waals surface area contributed by atoms with Gasteiger partial charge in [0.1, 0.15) is 5.75 Å². The normalized spacial score (nSPS) is 11.5. The number of nitrogens with zero attached hydrogens (tertiary/aromatic N) is 4. The predicted molar refractivity (Wildman–Crippen MR) is 153 cm³/mol. The Bertz CT molecular complexity index is 1600. The lowest BCUT2D eigenvalue weighted by molar-refractivity contribution is -0.118. The molecule has 0 aliphatic carbocycles. The number of hydrazone groups is 1. The van der Waals surface area contributed by atoms with E-state index in [0.717, 1.165) is 44.6 Å².